The maximum atomic E-state index is 13.6. The number of fused-ring (bicyclic) bond motifs is 2. The number of urea groups is 1. The first-order valence-electron chi connectivity index (χ1n) is 10.7. The standard InChI is InChI=1S/C24H25BrN5O2/c1-15-5-4-6-19(11-15)28-12-16(2)13-29-20-21(26-23(28)29)27(3)24(32)30(22(20)31)14-17-7-9-18(25)10-8-17/h4-11,16,20H,12-14H2,1-3H3/q+1. The predicted octanol–water partition coefficient (Wildman–Crippen LogP) is 3.46. The number of nitrogens with zero attached hydrogens (tertiary/aromatic N) is 5. The molecule has 2 atom stereocenters. The van der Waals surface area contributed by atoms with Crippen LogP contribution in [-0.2, 0) is 11.3 Å². The number of carbonyl (C=O) groups is 2. The Morgan fingerprint density at radius 3 is 2.62 bits per heavy atom. The number of benzene rings is 2. The lowest BCUT2D eigenvalue weighted by atomic mass is 10.1. The second kappa shape index (κ2) is 7.85. The van der Waals surface area contributed by atoms with E-state index in [2.05, 4.69) is 57.5 Å². The van der Waals surface area contributed by atoms with Crippen molar-refractivity contribution in [3.8, 4) is 0 Å². The molecule has 0 aliphatic carbocycles. The molecule has 0 spiro atoms. The molecule has 2 aromatic rings. The molecule has 1 fully saturated rings. The van der Waals surface area contributed by atoms with Gasteiger partial charge < -0.3 is 0 Å². The first-order chi connectivity index (χ1) is 15.3. The van der Waals surface area contributed by atoms with Crippen molar-refractivity contribution < 1.29 is 14.2 Å². The molecule has 0 bridgehead atoms. The molecule has 164 valence electrons. The van der Waals surface area contributed by atoms with Crippen molar-refractivity contribution >= 4 is 45.4 Å². The van der Waals surface area contributed by atoms with E-state index in [1.807, 2.05) is 30.3 Å². The van der Waals surface area contributed by atoms with Gasteiger partial charge in [-0.3, -0.25) is 14.6 Å². The third-order valence-electron chi connectivity index (χ3n) is 6.20. The smallest absolute Gasteiger partial charge is 0.270 e. The van der Waals surface area contributed by atoms with Crippen molar-refractivity contribution in [2.45, 2.75) is 26.4 Å². The lowest BCUT2D eigenvalue weighted by Crippen LogP contribution is -2.63. The zero-order valence-corrected chi connectivity index (χ0v) is 19.9. The highest BCUT2D eigenvalue weighted by atomic mass is 79.9. The van der Waals surface area contributed by atoms with Crippen molar-refractivity contribution in [1.82, 2.24) is 9.80 Å². The van der Waals surface area contributed by atoms with Gasteiger partial charge in [-0.25, -0.2) is 14.3 Å². The Morgan fingerprint density at radius 2 is 1.91 bits per heavy atom. The fourth-order valence-electron chi connectivity index (χ4n) is 4.63. The van der Waals surface area contributed by atoms with Gasteiger partial charge in [0, 0.05) is 17.4 Å². The summed E-state index contributed by atoms with van der Waals surface area (Å²) in [6, 6.07) is 15.0. The number of aryl methyl sites for hydroxylation is 1. The Kier molecular flexibility index (Phi) is 5.12. The summed E-state index contributed by atoms with van der Waals surface area (Å²) in [5.41, 5.74) is 3.12. The van der Waals surface area contributed by atoms with Crippen LogP contribution < -0.4 is 4.90 Å². The molecule has 1 saturated heterocycles. The van der Waals surface area contributed by atoms with Crippen molar-refractivity contribution in [3.05, 3.63) is 64.1 Å². The molecule has 0 N–H and O–H groups in total. The topological polar surface area (TPSA) is 59.2 Å². The van der Waals surface area contributed by atoms with Crippen LogP contribution in [0.25, 0.3) is 0 Å². The molecule has 3 aliphatic heterocycles. The van der Waals surface area contributed by atoms with Gasteiger partial charge in [-0.2, -0.15) is 0 Å². The number of carbonyl (C=O) groups excluding carboxylic acids is 2. The monoisotopic (exact) mass is 494 g/mol. The van der Waals surface area contributed by atoms with E-state index >= 15 is 0 Å². The normalized spacial score (nSPS) is 22.9. The Labute approximate surface area is 195 Å². The predicted molar refractivity (Wildman–Crippen MR) is 127 cm³/mol. The second-order valence-electron chi connectivity index (χ2n) is 8.77. The van der Waals surface area contributed by atoms with Gasteiger partial charge in [-0.05, 0) is 42.3 Å². The van der Waals surface area contributed by atoms with Gasteiger partial charge in [-0.15, -0.1) is 0 Å². The summed E-state index contributed by atoms with van der Waals surface area (Å²) >= 11 is 3.43. The summed E-state index contributed by atoms with van der Waals surface area (Å²) in [6.45, 7) is 6.01. The fraction of sp³-hybridized carbons (Fsp3) is 0.333. The van der Waals surface area contributed by atoms with Gasteiger partial charge in [0.2, 0.25) is 11.9 Å². The van der Waals surface area contributed by atoms with Gasteiger partial charge in [0.05, 0.1) is 19.6 Å². The minimum Gasteiger partial charge on any atom is -0.270 e. The number of rotatable bonds is 3. The number of guanidine groups is 1. The van der Waals surface area contributed by atoms with E-state index in [0.717, 1.165) is 34.8 Å². The Balaban J connectivity index is 1.53. The van der Waals surface area contributed by atoms with Crippen LogP contribution in [0.2, 0.25) is 0 Å². The minimum absolute atomic E-state index is 0.219. The van der Waals surface area contributed by atoms with E-state index in [1.54, 1.807) is 7.05 Å². The summed E-state index contributed by atoms with van der Waals surface area (Å²) in [5.74, 6) is 1.37. The van der Waals surface area contributed by atoms with E-state index in [9.17, 15) is 9.59 Å². The highest BCUT2D eigenvalue weighted by Gasteiger charge is 2.55. The average molecular weight is 495 g/mol. The largest absolute Gasteiger partial charge is 0.397 e. The van der Waals surface area contributed by atoms with E-state index in [1.165, 1.54) is 15.4 Å². The number of hydrogen-bond donors (Lipinski definition) is 0. The number of likely N-dealkylation sites (N-methyl/N-ethyl adjacent to an activating group) is 1. The zero-order chi connectivity index (χ0) is 22.6. The van der Waals surface area contributed by atoms with Crippen LogP contribution in [0.1, 0.15) is 18.1 Å². The van der Waals surface area contributed by atoms with Gasteiger partial charge in [0.1, 0.15) is 5.69 Å². The van der Waals surface area contributed by atoms with Crippen LogP contribution in [0, 0.1) is 12.8 Å². The lowest BCUT2D eigenvalue weighted by Gasteiger charge is -2.35. The number of aliphatic imine (C=N–C) groups is 1. The average Bonchev–Trinajstić information content (AvgIpc) is 3.15. The van der Waals surface area contributed by atoms with Gasteiger partial charge >= 0.3 is 12.0 Å². The number of anilines is 1. The van der Waals surface area contributed by atoms with Crippen LogP contribution >= 0.6 is 15.9 Å². The Bertz CT molecular complexity index is 1170. The molecule has 0 saturated carbocycles. The molecule has 5 rings (SSSR count). The molecule has 0 radical (unpaired) electrons. The zero-order valence-electron chi connectivity index (χ0n) is 18.3. The molecule has 7 nitrogen and oxygen atoms in total. The molecule has 0 aromatic heterocycles. The number of amides is 3. The molecular weight excluding hydrogens is 470 g/mol. The molecule has 8 heteroatoms. The summed E-state index contributed by atoms with van der Waals surface area (Å²) in [5, 5.41) is 0. The Hall–Kier alpha value is -3.00. The second-order valence-corrected chi connectivity index (χ2v) is 9.69. The summed E-state index contributed by atoms with van der Waals surface area (Å²) in [6.07, 6.45) is 0. The fourth-order valence-corrected chi connectivity index (χ4v) is 4.89. The van der Waals surface area contributed by atoms with Crippen LogP contribution in [-0.4, -0.2) is 64.3 Å². The number of halogens is 1. The summed E-state index contributed by atoms with van der Waals surface area (Å²) in [7, 11) is 1.70. The van der Waals surface area contributed by atoms with E-state index in [0.29, 0.717) is 11.8 Å². The molecule has 3 heterocycles. The highest BCUT2D eigenvalue weighted by molar-refractivity contribution is 9.10. The third kappa shape index (κ3) is 3.43. The van der Waals surface area contributed by atoms with E-state index in [-0.39, 0.29) is 18.5 Å². The van der Waals surface area contributed by atoms with E-state index < -0.39 is 6.04 Å². The molecular formula is C24H25BrN5O2+. The number of hydrogen-bond acceptors (Lipinski definition) is 4. The van der Waals surface area contributed by atoms with Gasteiger partial charge in [0.15, 0.2) is 0 Å². The van der Waals surface area contributed by atoms with Crippen molar-refractivity contribution in [1.29, 1.82) is 0 Å². The first-order valence-corrected chi connectivity index (χ1v) is 11.5. The molecule has 3 amide bonds. The molecule has 3 aliphatic rings. The van der Waals surface area contributed by atoms with Gasteiger partial charge in [-0.1, -0.05) is 52.1 Å². The van der Waals surface area contributed by atoms with Crippen LogP contribution in [0.15, 0.2) is 58.0 Å². The summed E-state index contributed by atoms with van der Waals surface area (Å²) < 4.78 is 3.02. The Morgan fingerprint density at radius 1 is 1.16 bits per heavy atom. The highest BCUT2D eigenvalue weighted by Crippen LogP contribution is 2.29. The van der Waals surface area contributed by atoms with Crippen LogP contribution in [0.4, 0.5) is 10.5 Å². The SMILES string of the molecule is Cc1cccc(N2CC(C)C[N+]3=C2N=C2C3C(=O)N(Cc3ccc(Br)cc3)C(=O)N2C)c1. The number of imide groups is 1. The molecule has 2 aromatic carbocycles. The number of amidine groups is 1. The van der Waals surface area contributed by atoms with Crippen molar-refractivity contribution in [3.63, 3.8) is 0 Å². The van der Waals surface area contributed by atoms with E-state index in [4.69, 9.17) is 4.99 Å². The molecule has 32 heavy (non-hydrogen) atoms. The van der Waals surface area contributed by atoms with Crippen LogP contribution in [0.3, 0.4) is 0 Å². The van der Waals surface area contributed by atoms with Crippen molar-refractivity contribution in [2.24, 2.45) is 10.9 Å². The maximum absolute atomic E-state index is 13.6. The lowest BCUT2D eigenvalue weighted by molar-refractivity contribution is -0.545. The van der Waals surface area contributed by atoms with Crippen molar-refractivity contribution in [2.75, 3.05) is 25.0 Å². The minimum atomic E-state index is -0.585. The first kappa shape index (κ1) is 20.9. The summed E-state index contributed by atoms with van der Waals surface area (Å²) in [4.78, 5) is 36.6. The van der Waals surface area contributed by atoms with Crippen LogP contribution in [0.5, 0.6) is 0 Å². The van der Waals surface area contributed by atoms with Gasteiger partial charge in [0.25, 0.3) is 5.91 Å². The molecule has 2 unspecified atom stereocenters. The maximum Gasteiger partial charge on any atom is 0.397 e. The third-order valence-corrected chi connectivity index (χ3v) is 6.73. The quantitative estimate of drug-likeness (QED) is 0.613.